The molecule has 0 saturated carbocycles. The van der Waals surface area contributed by atoms with E-state index in [1.54, 1.807) is 6.92 Å². The summed E-state index contributed by atoms with van der Waals surface area (Å²) in [6.07, 6.45) is 0. The van der Waals surface area contributed by atoms with E-state index < -0.39 is 12.0 Å². The van der Waals surface area contributed by atoms with E-state index in [0.29, 0.717) is 34.5 Å². The Kier molecular flexibility index (Phi) is 8.67. The summed E-state index contributed by atoms with van der Waals surface area (Å²) >= 11 is 7.59. The molecule has 0 amide bonds. The van der Waals surface area contributed by atoms with Gasteiger partial charge in [0.2, 0.25) is 0 Å². The largest absolute Gasteiger partial charge is 0.490 e. The number of ether oxygens (including phenoxy) is 3. The van der Waals surface area contributed by atoms with Gasteiger partial charge in [0.25, 0.3) is 0 Å². The van der Waals surface area contributed by atoms with Crippen molar-refractivity contribution in [2.75, 3.05) is 19.8 Å². The zero-order chi connectivity index (χ0) is 24.0. The Morgan fingerprint density at radius 2 is 1.82 bits per heavy atom. The minimum absolute atomic E-state index is 0.0861. The van der Waals surface area contributed by atoms with E-state index in [0.717, 1.165) is 14.7 Å². The number of hydrogen-bond donors (Lipinski definition) is 2. The summed E-state index contributed by atoms with van der Waals surface area (Å²) in [5.74, 6) is 0.373. The second-order valence-electron chi connectivity index (χ2n) is 7.10. The summed E-state index contributed by atoms with van der Waals surface area (Å²) in [5, 5.41) is 6.78. The third-order valence-electron chi connectivity index (χ3n) is 4.82. The quantitative estimate of drug-likeness (QED) is 0.260. The first-order chi connectivity index (χ1) is 15.8. The Morgan fingerprint density at radius 1 is 1.09 bits per heavy atom. The number of carbonyl (C=O) groups is 2. The summed E-state index contributed by atoms with van der Waals surface area (Å²) in [6, 6.07) is 12.8. The van der Waals surface area contributed by atoms with E-state index in [1.165, 1.54) is 6.92 Å². The molecule has 0 saturated heterocycles. The lowest BCUT2D eigenvalue weighted by Crippen LogP contribution is -2.44. The second kappa shape index (κ2) is 11.5. The molecule has 9 heteroatoms. The third-order valence-corrected chi connectivity index (χ3v) is 5.84. The average Bonchev–Trinajstić information content (AvgIpc) is 2.78. The van der Waals surface area contributed by atoms with Gasteiger partial charge in [-0.25, -0.2) is 4.79 Å². The molecule has 2 N–H and O–H groups in total. The fourth-order valence-electron chi connectivity index (χ4n) is 3.52. The highest BCUT2D eigenvalue weighted by Gasteiger charge is 2.31. The normalized spacial score (nSPS) is 15.4. The molecule has 174 valence electrons. The topological polar surface area (TPSA) is 85.9 Å². The number of esters is 1. The predicted molar refractivity (Wildman–Crippen MR) is 138 cm³/mol. The van der Waals surface area contributed by atoms with Crippen LogP contribution < -0.4 is 20.1 Å². The number of carbonyl (C=O) groups excluding carboxylic acids is 2. The van der Waals surface area contributed by atoms with Crippen LogP contribution in [0.15, 0.2) is 48.0 Å². The number of Topliss-reactive ketones (excluding diaryl/α,β-unsaturated/α-hetero) is 1. The summed E-state index contributed by atoms with van der Waals surface area (Å²) in [6.45, 7) is 5.59. The first-order valence-electron chi connectivity index (χ1n) is 10.5. The van der Waals surface area contributed by atoms with E-state index in [4.69, 9.17) is 26.4 Å². The highest BCUT2D eigenvalue weighted by Crippen LogP contribution is 2.39. The van der Waals surface area contributed by atoms with Crippen molar-refractivity contribution in [1.29, 1.82) is 0 Å². The summed E-state index contributed by atoms with van der Waals surface area (Å²) in [5.41, 5.74) is 2.89. The van der Waals surface area contributed by atoms with E-state index in [2.05, 4.69) is 33.2 Å². The second-order valence-corrected chi connectivity index (χ2v) is 8.67. The van der Waals surface area contributed by atoms with Gasteiger partial charge in [-0.05, 0) is 78.8 Å². The molecule has 1 aliphatic heterocycles. The molecule has 1 atom stereocenters. The van der Waals surface area contributed by atoms with Gasteiger partial charge >= 0.3 is 5.97 Å². The average molecular weight is 580 g/mol. The van der Waals surface area contributed by atoms with Crippen molar-refractivity contribution < 1.29 is 23.8 Å². The van der Waals surface area contributed by atoms with Gasteiger partial charge in [0.1, 0.15) is 0 Å². The number of thiocarbonyl (C=S) groups is 1. The number of benzene rings is 2. The molecule has 0 fully saturated rings. The Bertz CT molecular complexity index is 1090. The number of ketones is 1. The van der Waals surface area contributed by atoms with Crippen LogP contribution in [0.3, 0.4) is 0 Å². The van der Waals surface area contributed by atoms with Gasteiger partial charge in [-0.15, -0.1) is 0 Å². The molecule has 7 nitrogen and oxygen atoms in total. The maximum absolute atomic E-state index is 12.8. The first kappa shape index (κ1) is 25.0. The molecule has 33 heavy (non-hydrogen) atoms. The van der Waals surface area contributed by atoms with E-state index in [9.17, 15) is 9.59 Å². The minimum atomic E-state index is -0.488. The monoisotopic (exact) mass is 580 g/mol. The van der Waals surface area contributed by atoms with Gasteiger partial charge in [-0.2, -0.15) is 0 Å². The molecule has 1 unspecified atom stereocenters. The van der Waals surface area contributed by atoms with Gasteiger partial charge < -0.3 is 24.8 Å². The highest BCUT2D eigenvalue weighted by atomic mass is 127. The molecule has 3 rings (SSSR count). The van der Waals surface area contributed by atoms with Crippen LogP contribution in [0.4, 0.5) is 0 Å². The molecular weight excluding hydrogens is 555 g/mol. The minimum Gasteiger partial charge on any atom is -0.490 e. The van der Waals surface area contributed by atoms with Crippen molar-refractivity contribution in [1.82, 2.24) is 10.6 Å². The Morgan fingerprint density at radius 3 is 2.45 bits per heavy atom. The lowest BCUT2D eigenvalue weighted by molar-refractivity contribution is -0.145. The number of hydrogen-bond acceptors (Lipinski definition) is 6. The highest BCUT2D eigenvalue weighted by molar-refractivity contribution is 14.1. The molecule has 1 heterocycles. The summed E-state index contributed by atoms with van der Waals surface area (Å²) < 4.78 is 17.2. The fraction of sp³-hybridized carbons (Fsp3) is 0.292. The molecular formula is C24H25IN2O5S. The van der Waals surface area contributed by atoms with Crippen LogP contribution in [0, 0.1) is 3.57 Å². The molecule has 0 radical (unpaired) electrons. The van der Waals surface area contributed by atoms with Gasteiger partial charge in [-0.3, -0.25) is 4.79 Å². The van der Waals surface area contributed by atoms with Gasteiger partial charge in [-0.1, -0.05) is 30.3 Å². The van der Waals surface area contributed by atoms with Crippen LogP contribution >= 0.6 is 34.8 Å². The van der Waals surface area contributed by atoms with Gasteiger partial charge in [0.15, 0.2) is 29.0 Å². The Balaban J connectivity index is 2.07. The van der Waals surface area contributed by atoms with Gasteiger partial charge in [0, 0.05) is 5.57 Å². The molecule has 1 aliphatic rings. The zero-order valence-corrected chi connectivity index (χ0v) is 21.5. The maximum Gasteiger partial charge on any atom is 0.344 e. The van der Waals surface area contributed by atoms with Crippen LogP contribution in [0.25, 0.3) is 5.70 Å². The van der Waals surface area contributed by atoms with Crippen LogP contribution in [-0.4, -0.2) is 36.7 Å². The van der Waals surface area contributed by atoms with Crippen LogP contribution in [0.2, 0.25) is 0 Å². The van der Waals surface area contributed by atoms with Crippen molar-refractivity contribution in [2.24, 2.45) is 0 Å². The molecule has 2 aromatic rings. The number of rotatable bonds is 9. The van der Waals surface area contributed by atoms with Crippen LogP contribution in [0.5, 0.6) is 11.5 Å². The molecule has 0 spiro atoms. The number of nitrogens with one attached hydrogen (secondary N) is 2. The Hall–Kier alpha value is -2.66. The smallest absolute Gasteiger partial charge is 0.344 e. The SMILES string of the molecule is CCOC(=O)COc1c(I)cc(C2NC(=S)NC(c3ccccc3)=C2C(C)=O)cc1OCC. The lowest BCUT2D eigenvalue weighted by atomic mass is 9.90. The van der Waals surface area contributed by atoms with Crippen molar-refractivity contribution in [3.63, 3.8) is 0 Å². The van der Waals surface area contributed by atoms with E-state index in [1.807, 2.05) is 49.4 Å². The van der Waals surface area contributed by atoms with Crippen LogP contribution in [0.1, 0.15) is 37.9 Å². The molecule has 0 aliphatic carbocycles. The third kappa shape index (κ3) is 6.02. The first-order valence-corrected chi connectivity index (χ1v) is 12.0. The van der Waals surface area contributed by atoms with Crippen LogP contribution in [-0.2, 0) is 14.3 Å². The number of halogens is 1. The predicted octanol–water partition coefficient (Wildman–Crippen LogP) is 4.15. The lowest BCUT2D eigenvalue weighted by Gasteiger charge is -2.32. The zero-order valence-electron chi connectivity index (χ0n) is 18.6. The summed E-state index contributed by atoms with van der Waals surface area (Å²) in [7, 11) is 0. The van der Waals surface area contributed by atoms with E-state index >= 15 is 0 Å². The summed E-state index contributed by atoms with van der Waals surface area (Å²) in [4.78, 5) is 24.6. The van der Waals surface area contributed by atoms with Crippen molar-refractivity contribution in [2.45, 2.75) is 26.8 Å². The van der Waals surface area contributed by atoms with Crippen molar-refractivity contribution in [3.05, 3.63) is 62.7 Å². The van der Waals surface area contributed by atoms with Gasteiger partial charge in [0.05, 0.1) is 28.5 Å². The van der Waals surface area contributed by atoms with Crippen molar-refractivity contribution >= 4 is 57.4 Å². The van der Waals surface area contributed by atoms with E-state index in [-0.39, 0.29) is 19.0 Å². The molecule has 2 aromatic carbocycles. The molecule has 0 bridgehead atoms. The fourth-order valence-corrected chi connectivity index (χ4v) is 4.52. The Labute approximate surface area is 212 Å². The van der Waals surface area contributed by atoms with Crippen molar-refractivity contribution in [3.8, 4) is 11.5 Å². The standard InChI is InChI=1S/C24H25IN2O5S/c1-4-30-18-12-16(11-17(25)23(18)32-13-19(29)31-5-2)22-20(14(3)28)21(26-24(33)27-22)15-9-7-6-8-10-15/h6-12,22H,4-5,13H2,1-3H3,(H2,26,27,33). The molecule has 0 aromatic heterocycles. The maximum atomic E-state index is 12.8.